The number of non-ortho nitro benzene ring substituents is 1. The van der Waals surface area contributed by atoms with Crippen molar-refractivity contribution in [3.05, 3.63) is 58.7 Å². The second-order valence-corrected chi connectivity index (χ2v) is 9.32. The fourth-order valence-corrected chi connectivity index (χ4v) is 3.92. The first-order valence-corrected chi connectivity index (χ1v) is 11.8. The average Bonchev–Trinajstić information content (AvgIpc) is 2.78. The van der Waals surface area contributed by atoms with Gasteiger partial charge in [0.15, 0.2) is 0 Å². The molecule has 0 saturated carbocycles. The molecule has 3 N–H and O–H groups in total. The SMILES string of the molecule is N#CC(N=Nc1c(O)cc(S(=O)(=O)[O-])c2cc([N+](=O)[O-])ccc12)=NN=C1C=CC(=S(=O)(O)O)C=C1.[Na+]. The molecule has 180 valence electrons. The molecule has 0 radical (unpaired) electrons. The molecule has 2 aromatic rings. The normalized spacial score (nSPS) is 14.1. The van der Waals surface area contributed by atoms with Crippen molar-refractivity contribution in [2.75, 3.05) is 0 Å². The number of phenols is 1. The number of azo groups is 1. The number of nitriles is 1. The number of phenolic OH excluding ortho intramolecular Hbond substituents is 1. The predicted molar refractivity (Wildman–Crippen MR) is 122 cm³/mol. The first kappa shape index (κ1) is 28.9. The van der Waals surface area contributed by atoms with Crippen molar-refractivity contribution < 1.29 is 65.9 Å². The molecule has 0 bridgehead atoms. The molecule has 2 aromatic carbocycles. The molecule has 0 aromatic heterocycles. The number of allylic oxidation sites excluding steroid dienone is 4. The number of fused-ring (bicyclic) bond motifs is 1. The monoisotopic (exact) mass is 542 g/mol. The average molecular weight is 542 g/mol. The topological polar surface area (TPSA) is 251 Å². The molecule has 1 aliphatic carbocycles. The van der Waals surface area contributed by atoms with Gasteiger partial charge in [-0.3, -0.25) is 19.2 Å². The van der Waals surface area contributed by atoms with Crippen LogP contribution >= 0.6 is 0 Å². The fraction of sp³-hybridized carbons (Fsp3) is 0. The largest absolute Gasteiger partial charge is 1.00 e. The summed E-state index contributed by atoms with van der Waals surface area (Å²) in [6.45, 7) is 0. The van der Waals surface area contributed by atoms with E-state index in [-0.39, 0.29) is 45.5 Å². The van der Waals surface area contributed by atoms with Gasteiger partial charge in [-0.15, -0.1) is 20.4 Å². The van der Waals surface area contributed by atoms with Crippen LogP contribution in [0, 0.1) is 21.4 Å². The van der Waals surface area contributed by atoms with Gasteiger partial charge in [0, 0.05) is 29.0 Å². The summed E-state index contributed by atoms with van der Waals surface area (Å²) in [7, 11) is -9.31. The van der Waals surface area contributed by atoms with Crippen LogP contribution in [0.2, 0.25) is 0 Å². The molecular formula is C18H11N6NaO9S2. The molecule has 3 rings (SSSR count). The van der Waals surface area contributed by atoms with Gasteiger partial charge in [0.05, 0.1) is 20.4 Å². The summed E-state index contributed by atoms with van der Waals surface area (Å²) in [6, 6.07) is 4.96. The Hall–Kier alpha value is -3.34. The number of hydrogen-bond donors (Lipinski definition) is 3. The summed E-state index contributed by atoms with van der Waals surface area (Å²) >= 11 is 0. The molecule has 36 heavy (non-hydrogen) atoms. The smallest absolute Gasteiger partial charge is 0.744 e. The van der Waals surface area contributed by atoms with Gasteiger partial charge >= 0.3 is 29.6 Å². The van der Waals surface area contributed by atoms with Crippen LogP contribution in [0.3, 0.4) is 0 Å². The Morgan fingerprint density at radius 3 is 2.22 bits per heavy atom. The number of benzene rings is 2. The van der Waals surface area contributed by atoms with Crippen LogP contribution in [0.1, 0.15) is 0 Å². The van der Waals surface area contributed by atoms with E-state index in [4.69, 9.17) is 9.11 Å². The third-order valence-electron chi connectivity index (χ3n) is 4.26. The van der Waals surface area contributed by atoms with E-state index in [9.17, 15) is 37.7 Å². The number of aromatic hydroxyl groups is 1. The Kier molecular flexibility index (Phi) is 8.95. The van der Waals surface area contributed by atoms with Crippen LogP contribution in [0.5, 0.6) is 5.75 Å². The Morgan fingerprint density at radius 1 is 1.06 bits per heavy atom. The minimum Gasteiger partial charge on any atom is -0.744 e. The maximum absolute atomic E-state index is 11.6. The molecule has 15 nitrogen and oxygen atoms in total. The maximum atomic E-state index is 11.6. The van der Waals surface area contributed by atoms with Gasteiger partial charge in [-0.05, 0) is 30.4 Å². The minimum atomic E-state index is -5.14. The van der Waals surface area contributed by atoms with Crippen molar-refractivity contribution >= 4 is 58.8 Å². The van der Waals surface area contributed by atoms with Crippen molar-refractivity contribution in [2.24, 2.45) is 20.4 Å². The van der Waals surface area contributed by atoms with Crippen LogP contribution in [-0.2, 0) is 20.2 Å². The van der Waals surface area contributed by atoms with E-state index in [1.807, 2.05) is 0 Å². The predicted octanol–water partition coefficient (Wildman–Crippen LogP) is -0.748. The van der Waals surface area contributed by atoms with Crippen molar-refractivity contribution in [3.8, 4) is 11.8 Å². The molecule has 1 aliphatic rings. The van der Waals surface area contributed by atoms with Crippen molar-refractivity contribution in [1.82, 2.24) is 0 Å². The zero-order chi connectivity index (χ0) is 26.0. The quantitative estimate of drug-likeness (QED) is 0.0637. The summed E-state index contributed by atoms with van der Waals surface area (Å²) in [6.07, 6.45) is 4.62. The van der Waals surface area contributed by atoms with Crippen molar-refractivity contribution in [2.45, 2.75) is 4.90 Å². The first-order chi connectivity index (χ1) is 16.3. The zero-order valence-electron chi connectivity index (χ0n) is 17.9. The zero-order valence-corrected chi connectivity index (χ0v) is 21.5. The number of nitro groups is 1. The number of nitro benzene ring substituents is 1. The number of rotatable bonds is 4. The second-order valence-electron chi connectivity index (χ2n) is 6.51. The van der Waals surface area contributed by atoms with Gasteiger partial charge in [0.25, 0.3) is 11.5 Å². The van der Waals surface area contributed by atoms with E-state index in [2.05, 4.69) is 20.4 Å². The van der Waals surface area contributed by atoms with Gasteiger partial charge in [0.2, 0.25) is 10.1 Å². The summed E-state index contributed by atoms with van der Waals surface area (Å²) in [5.41, 5.74) is -0.834. The molecule has 0 fully saturated rings. The molecule has 0 unspecified atom stereocenters. The minimum absolute atomic E-state index is 0. The van der Waals surface area contributed by atoms with Gasteiger partial charge in [-0.1, -0.05) is 0 Å². The Morgan fingerprint density at radius 2 is 1.69 bits per heavy atom. The summed E-state index contributed by atoms with van der Waals surface area (Å²) < 4.78 is 64.1. The number of amidine groups is 1. The molecule has 0 aliphatic heterocycles. The fourth-order valence-electron chi connectivity index (χ4n) is 2.73. The molecule has 18 heteroatoms. The molecule has 0 amide bonds. The maximum Gasteiger partial charge on any atom is 1.00 e. The summed E-state index contributed by atoms with van der Waals surface area (Å²) in [4.78, 5) is 9.03. The van der Waals surface area contributed by atoms with Crippen LogP contribution in [0.4, 0.5) is 11.4 Å². The third-order valence-corrected chi connectivity index (χ3v) is 6.03. The van der Waals surface area contributed by atoms with E-state index in [1.165, 1.54) is 12.2 Å². The summed E-state index contributed by atoms with van der Waals surface area (Å²) in [5.74, 6) is -1.46. The first-order valence-electron chi connectivity index (χ1n) is 8.91. The molecule has 0 heterocycles. The van der Waals surface area contributed by atoms with Gasteiger partial charge in [-0.25, -0.2) is 12.6 Å². The standard InChI is InChI=1S/C18H12N6O9S2.Na/c19-9-17(21-20-10-1-4-12(5-2-10)34(28,29)30)22-23-18-13-6-3-11(24(26)27)7-14(13)16(8-15(18)25)35(31,32)33;/h1-8,25H,(H2,28,29,30)(H,31,32,33);/q;+1/p-1. The third kappa shape index (κ3) is 6.66. The van der Waals surface area contributed by atoms with Crippen LogP contribution in [0.25, 0.3) is 10.8 Å². The van der Waals surface area contributed by atoms with E-state index < -0.39 is 58.4 Å². The van der Waals surface area contributed by atoms with Gasteiger partial charge in [0.1, 0.15) is 27.6 Å². The van der Waals surface area contributed by atoms with E-state index >= 15 is 0 Å². The van der Waals surface area contributed by atoms with Crippen molar-refractivity contribution in [1.29, 1.82) is 5.26 Å². The molecule has 0 spiro atoms. The summed E-state index contributed by atoms with van der Waals surface area (Å²) in [5, 5.41) is 44.3. The van der Waals surface area contributed by atoms with Gasteiger partial charge in [-0.2, -0.15) is 5.26 Å². The second kappa shape index (κ2) is 11.2. The van der Waals surface area contributed by atoms with E-state index in [0.717, 1.165) is 30.4 Å². The van der Waals surface area contributed by atoms with Crippen LogP contribution < -0.4 is 29.6 Å². The molecular weight excluding hydrogens is 531 g/mol. The Labute approximate surface area is 224 Å². The van der Waals surface area contributed by atoms with Crippen LogP contribution in [0.15, 0.2) is 73.9 Å². The Bertz CT molecular complexity index is 1670. The van der Waals surface area contributed by atoms with Gasteiger partial charge < -0.3 is 9.66 Å². The van der Waals surface area contributed by atoms with E-state index in [0.29, 0.717) is 6.07 Å². The molecule has 0 saturated heterocycles. The van der Waals surface area contributed by atoms with Crippen LogP contribution in [-0.4, -0.2) is 52.7 Å². The Balaban J connectivity index is 0.00000456. The molecule has 0 atom stereocenters. The van der Waals surface area contributed by atoms with E-state index in [1.54, 1.807) is 6.07 Å². The number of hydrogen-bond acceptors (Lipinski definition) is 11. The number of nitrogens with zero attached hydrogens (tertiary/aromatic N) is 6. The van der Waals surface area contributed by atoms with Crippen molar-refractivity contribution in [3.63, 3.8) is 0 Å².